The number of aliphatic hydroxyl groups excluding tert-OH is 1. The molecule has 0 aliphatic heterocycles. The molecule has 1 heterocycles. The Labute approximate surface area is 99.2 Å². The maximum atomic E-state index is 11.8. The molecule has 1 aliphatic rings. The summed E-state index contributed by atoms with van der Waals surface area (Å²) in [5, 5.41) is 16.0. The highest BCUT2D eigenvalue weighted by atomic mass is 16.5. The van der Waals surface area contributed by atoms with Gasteiger partial charge in [0, 0.05) is 18.0 Å². The van der Waals surface area contributed by atoms with Gasteiger partial charge in [0.15, 0.2) is 0 Å². The second-order valence-corrected chi connectivity index (χ2v) is 4.55. The van der Waals surface area contributed by atoms with Crippen molar-refractivity contribution in [3.8, 4) is 0 Å². The third-order valence-electron chi connectivity index (χ3n) is 3.07. The molecule has 94 valence electrons. The van der Waals surface area contributed by atoms with Crippen molar-refractivity contribution < 1.29 is 14.4 Å². The maximum Gasteiger partial charge on any atom is 0.223 e. The van der Waals surface area contributed by atoms with Crippen molar-refractivity contribution >= 4 is 5.91 Å². The number of amides is 1. The van der Waals surface area contributed by atoms with Gasteiger partial charge in [-0.2, -0.15) is 0 Å². The van der Waals surface area contributed by atoms with Crippen molar-refractivity contribution in [2.24, 2.45) is 11.7 Å². The van der Waals surface area contributed by atoms with Gasteiger partial charge < -0.3 is 20.7 Å². The number of nitrogens with one attached hydrogen (secondary N) is 1. The zero-order valence-corrected chi connectivity index (χ0v) is 9.72. The Morgan fingerprint density at radius 3 is 3.00 bits per heavy atom. The summed E-state index contributed by atoms with van der Waals surface area (Å²) in [4.78, 5) is 11.8. The van der Waals surface area contributed by atoms with Gasteiger partial charge in [-0.05, 0) is 19.8 Å². The molecule has 0 unspecified atom stereocenters. The monoisotopic (exact) mass is 239 g/mol. The van der Waals surface area contributed by atoms with Crippen molar-refractivity contribution in [1.29, 1.82) is 0 Å². The molecule has 0 saturated heterocycles. The molecule has 1 fully saturated rings. The number of nitrogens with zero attached hydrogens (tertiary/aromatic N) is 1. The summed E-state index contributed by atoms with van der Waals surface area (Å²) in [7, 11) is 0. The summed E-state index contributed by atoms with van der Waals surface area (Å²) in [6.45, 7) is 2.14. The molecule has 0 aromatic carbocycles. The van der Waals surface area contributed by atoms with Crippen LogP contribution in [0.3, 0.4) is 0 Å². The van der Waals surface area contributed by atoms with Crippen LogP contribution in [0.5, 0.6) is 0 Å². The summed E-state index contributed by atoms with van der Waals surface area (Å²) in [5.74, 6) is 0.429. The predicted molar refractivity (Wildman–Crippen MR) is 59.8 cm³/mol. The molecular formula is C11H17N3O3. The summed E-state index contributed by atoms with van der Waals surface area (Å²) in [6.07, 6.45) is 0.399. The molecule has 1 amide bonds. The van der Waals surface area contributed by atoms with Crippen LogP contribution < -0.4 is 11.1 Å². The maximum absolute atomic E-state index is 11.8. The van der Waals surface area contributed by atoms with E-state index in [0.717, 1.165) is 0 Å². The van der Waals surface area contributed by atoms with E-state index in [-0.39, 0.29) is 17.9 Å². The lowest BCUT2D eigenvalue weighted by atomic mass is 10.1. The summed E-state index contributed by atoms with van der Waals surface area (Å²) in [5.41, 5.74) is 6.35. The van der Waals surface area contributed by atoms with E-state index in [1.807, 2.05) is 0 Å². The fraction of sp³-hybridized carbons (Fsp3) is 0.636. The van der Waals surface area contributed by atoms with Gasteiger partial charge in [-0.3, -0.25) is 4.79 Å². The Bertz CT molecular complexity index is 394. The molecule has 3 atom stereocenters. The van der Waals surface area contributed by atoms with E-state index in [2.05, 4.69) is 10.5 Å². The summed E-state index contributed by atoms with van der Waals surface area (Å²) < 4.78 is 4.90. The molecule has 0 radical (unpaired) electrons. The Morgan fingerprint density at radius 1 is 1.71 bits per heavy atom. The van der Waals surface area contributed by atoms with Crippen LogP contribution in [0.4, 0.5) is 0 Å². The van der Waals surface area contributed by atoms with Crippen molar-refractivity contribution in [2.75, 3.05) is 0 Å². The quantitative estimate of drug-likeness (QED) is 0.672. The molecule has 1 aliphatic carbocycles. The topological polar surface area (TPSA) is 101 Å². The lowest BCUT2D eigenvalue weighted by molar-refractivity contribution is -0.125. The Hall–Kier alpha value is -1.40. The Kier molecular flexibility index (Phi) is 3.44. The number of aromatic nitrogens is 1. The summed E-state index contributed by atoms with van der Waals surface area (Å²) >= 11 is 0. The first kappa shape index (κ1) is 12.1. The lowest BCUT2D eigenvalue weighted by Gasteiger charge is -2.08. The van der Waals surface area contributed by atoms with E-state index in [1.54, 1.807) is 13.0 Å². The molecule has 0 spiro atoms. The van der Waals surface area contributed by atoms with Crippen LogP contribution in [0.1, 0.15) is 24.3 Å². The van der Waals surface area contributed by atoms with Crippen LogP contribution in [0.15, 0.2) is 10.6 Å². The van der Waals surface area contributed by atoms with E-state index in [0.29, 0.717) is 30.8 Å². The molecule has 2 rings (SSSR count). The molecule has 1 aromatic rings. The number of aryl methyl sites for hydroxylation is 1. The van der Waals surface area contributed by atoms with E-state index in [9.17, 15) is 9.90 Å². The van der Waals surface area contributed by atoms with Gasteiger partial charge in [0.05, 0.1) is 12.6 Å². The lowest BCUT2D eigenvalue weighted by Crippen LogP contribution is -2.30. The first-order valence-electron chi connectivity index (χ1n) is 5.70. The number of aliphatic hydroxyl groups is 1. The van der Waals surface area contributed by atoms with E-state index in [4.69, 9.17) is 10.3 Å². The van der Waals surface area contributed by atoms with E-state index in [1.165, 1.54) is 0 Å². The molecular weight excluding hydrogens is 222 g/mol. The highest BCUT2D eigenvalue weighted by Crippen LogP contribution is 2.24. The van der Waals surface area contributed by atoms with Crippen molar-refractivity contribution in [3.63, 3.8) is 0 Å². The Morgan fingerprint density at radius 2 is 2.47 bits per heavy atom. The van der Waals surface area contributed by atoms with Gasteiger partial charge in [-0.25, -0.2) is 0 Å². The third kappa shape index (κ3) is 2.83. The molecule has 0 bridgehead atoms. The van der Waals surface area contributed by atoms with Crippen LogP contribution in [-0.4, -0.2) is 28.3 Å². The van der Waals surface area contributed by atoms with E-state index >= 15 is 0 Å². The van der Waals surface area contributed by atoms with Gasteiger partial charge >= 0.3 is 0 Å². The Balaban J connectivity index is 1.82. The van der Waals surface area contributed by atoms with Crippen molar-refractivity contribution in [3.05, 3.63) is 17.5 Å². The molecule has 1 saturated carbocycles. The number of hydrogen-bond acceptors (Lipinski definition) is 5. The third-order valence-corrected chi connectivity index (χ3v) is 3.07. The zero-order chi connectivity index (χ0) is 12.4. The predicted octanol–water partition coefficient (Wildman–Crippen LogP) is -0.303. The van der Waals surface area contributed by atoms with E-state index < -0.39 is 6.10 Å². The average Bonchev–Trinajstić information content (AvgIpc) is 2.83. The molecule has 6 nitrogen and oxygen atoms in total. The summed E-state index contributed by atoms with van der Waals surface area (Å²) in [6, 6.07) is 1.48. The largest absolute Gasteiger partial charge is 0.391 e. The highest BCUT2D eigenvalue weighted by molar-refractivity contribution is 5.79. The van der Waals surface area contributed by atoms with Crippen LogP contribution in [-0.2, 0) is 11.3 Å². The van der Waals surface area contributed by atoms with Gasteiger partial charge in [-0.15, -0.1) is 0 Å². The van der Waals surface area contributed by atoms with Gasteiger partial charge in [-0.1, -0.05) is 5.16 Å². The molecule has 4 N–H and O–H groups in total. The number of hydrogen-bond donors (Lipinski definition) is 3. The minimum Gasteiger partial charge on any atom is -0.391 e. The minimum atomic E-state index is -0.569. The smallest absolute Gasteiger partial charge is 0.223 e. The molecule has 1 aromatic heterocycles. The van der Waals surface area contributed by atoms with Gasteiger partial charge in [0.25, 0.3) is 0 Å². The van der Waals surface area contributed by atoms with Crippen LogP contribution in [0.25, 0.3) is 0 Å². The number of carbonyl (C=O) groups excluding carboxylic acids is 1. The SMILES string of the molecule is Cc1cc(CNC(=O)[C@H]2C[C@@H](N)[C@H](O)C2)no1. The zero-order valence-electron chi connectivity index (χ0n) is 9.72. The first-order valence-corrected chi connectivity index (χ1v) is 5.70. The van der Waals surface area contributed by atoms with Gasteiger partial charge in [0.2, 0.25) is 5.91 Å². The minimum absolute atomic E-state index is 0.0855. The second-order valence-electron chi connectivity index (χ2n) is 4.55. The fourth-order valence-corrected chi connectivity index (χ4v) is 2.09. The number of nitrogens with two attached hydrogens (primary N) is 1. The number of carbonyl (C=O) groups is 1. The average molecular weight is 239 g/mol. The van der Waals surface area contributed by atoms with Crippen LogP contribution in [0.2, 0.25) is 0 Å². The standard InChI is InChI=1S/C11H17N3O3/c1-6-2-8(14-17-6)5-13-11(16)7-3-9(12)10(15)4-7/h2,7,9-10,15H,3-5,12H2,1H3,(H,13,16)/t7-,9+,10+/m0/s1. The first-order chi connectivity index (χ1) is 8.06. The van der Waals surface area contributed by atoms with Crippen molar-refractivity contribution in [2.45, 2.75) is 38.5 Å². The highest BCUT2D eigenvalue weighted by Gasteiger charge is 2.34. The second kappa shape index (κ2) is 4.85. The number of rotatable bonds is 3. The molecule has 17 heavy (non-hydrogen) atoms. The molecule has 6 heteroatoms. The fourth-order valence-electron chi connectivity index (χ4n) is 2.09. The normalized spacial score (nSPS) is 28.3. The van der Waals surface area contributed by atoms with Crippen LogP contribution >= 0.6 is 0 Å². The van der Waals surface area contributed by atoms with Gasteiger partial charge in [0.1, 0.15) is 11.5 Å². The van der Waals surface area contributed by atoms with Crippen molar-refractivity contribution in [1.82, 2.24) is 10.5 Å². The van der Waals surface area contributed by atoms with Crippen LogP contribution in [0, 0.1) is 12.8 Å².